The van der Waals surface area contributed by atoms with Crippen molar-refractivity contribution in [1.82, 2.24) is 30.5 Å². The van der Waals surface area contributed by atoms with Gasteiger partial charge in [0, 0.05) is 53.6 Å². The molecule has 10 nitrogen and oxygen atoms in total. The van der Waals surface area contributed by atoms with Gasteiger partial charge in [-0.3, -0.25) is 5.10 Å². The predicted molar refractivity (Wildman–Crippen MR) is 166 cm³/mol. The van der Waals surface area contributed by atoms with Crippen molar-refractivity contribution in [1.29, 1.82) is 0 Å². The Labute approximate surface area is 249 Å². The Kier molecular flexibility index (Phi) is 9.23. The molecule has 43 heavy (non-hydrogen) atoms. The molecule has 6 rings (SSSR count). The number of aromatic nitrogens is 5. The van der Waals surface area contributed by atoms with Crippen LogP contribution in [0, 0.1) is 5.82 Å². The van der Waals surface area contributed by atoms with E-state index in [9.17, 15) is 4.39 Å². The van der Waals surface area contributed by atoms with Crippen LogP contribution < -0.4 is 16.8 Å². The van der Waals surface area contributed by atoms with Crippen LogP contribution in [0.4, 0.5) is 10.2 Å². The van der Waals surface area contributed by atoms with Crippen molar-refractivity contribution < 1.29 is 13.9 Å². The zero-order chi connectivity index (χ0) is 29.6. The SMILES string of the molecule is NCCOCCOCCNC1CCC(c2nc(N)c3c(-c4ccc5[nH]c(Cc6ccccc6F)cc5c4)[nH]nc3n2)CC1. The standard InChI is InChI=1S/C32H39FN8O2/c33-26-4-2-1-3-21(26)18-25-19-23-17-22(7-10-27(23)37-25)29-28-30(35)38-31(39-32(28)41-40-29)20-5-8-24(9-6-20)36-12-14-43-16-15-42-13-11-34/h1-4,7,10,17,19-20,24,36-37H,5-6,8-9,11-16,18,34H2,(H3,35,38,39,40,41). The number of benzene rings is 2. The van der Waals surface area contributed by atoms with Gasteiger partial charge in [-0.05, 0) is 55.5 Å². The maximum Gasteiger partial charge on any atom is 0.187 e. The van der Waals surface area contributed by atoms with Crippen LogP contribution in [0.15, 0.2) is 48.5 Å². The maximum atomic E-state index is 14.2. The normalized spacial score (nSPS) is 17.3. The molecule has 1 saturated carbocycles. The molecule has 0 spiro atoms. The summed E-state index contributed by atoms with van der Waals surface area (Å²) in [6.07, 6.45) is 4.57. The smallest absolute Gasteiger partial charge is 0.187 e. The minimum Gasteiger partial charge on any atom is -0.383 e. The maximum absolute atomic E-state index is 14.2. The first-order chi connectivity index (χ1) is 21.1. The highest BCUT2D eigenvalue weighted by molar-refractivity contribution is 5.99. The van der Waals surface area contributed by atoms with Crippen molar-refractivity contribution in [3.63, 3.8) is 0 Å². The number of hydrogen-bond acceptors (Lipinski definition) is 8. The number of nitrogen functional groups attached to an aromatic ring is 1. The number of fused-ring (bicyclic) bond motifs is 2. The van der Waals surface area contributed by atoms with Gasteiger partial charge in [0.15, 0.2) is 5.65 Å². The number of hydrogen-bond donors (Lipinski definition) is 5. The number of halogens is 1. The summed E-state index contributed by atoms with van der Waals surface area (Å²) in [5, 5.41) is 13.0. The van der Waals surface area contributed by atoms with Crippen molar-refractivity contribution in [2.24, 2.45) is 5.73 Å². The molecule has 1 aliphatic carbocycles. The van der Waals surface area contributed by atoms with E-state index in [-0.39, 0.29) is 11.7 Å². The van der Waals surface area contributed by atoms with E-state index in [2.05, 4.69) is 32.6 Å². The highest BCUT2D eigenvalue weighted by Crippen LogP contribution is 2.35. The number of anilines is 1. The quantitative estimate of drug-likeness (QED) is 0.127. The van der Waals surface area contributed by atoms with Gasteiger partial charge < -0.3 is 31.2 Å². The molecular weight excluding hydrogens is 547 g/mol. The average Bonchev–Trinajstić information content (AvgIpc) is 3.64. The van der Waals surface area contributed by atoms with Crippen LogP contribution in [-0.4, -0.2) is 70.7 Å². The van der Waals surface area contributed by atoms with E-state index in [0.29, 0.717) is 62.5 Å². The minimum absolute atomic E-state index is 0.201. The van der Waals surface area contributed by atoms with Gasteiger partial charge in [-0.15, -0.1) is 0 Å². The molecule has 0 unspecified atom stereocenters. The Morgan fingerprint density at radius 3 is 2.58 bits per heavy atom. The summed E-state index contributed by atoms with van der Waals surface area (Å²) in [4.78, 5) is 13.0. The topological polar surface area (TPSA) is 153 Å². The number of H-pyrrole nitrogens is 2. The van der Waals surface area contributed by atoms with Gasteiger partial charge in [-0.2, -0.15) is 5.10 Å². The van der Waals surface area contributed by atoms with E-state index in [1.807, 2.05) is 24.3 Å². The molecule has 0 aliphatic heterocycles. The van der Waals surface area contributed by atoms with Gasteiger partial charge in [0.2, 0.25) is 0 Å². The number of nitrogens with two attached hydrogens (primary N) is 2. The molecule has 0 bridgehead atoms. The van der Waals surface area contributed by atoms with E-state index >= 15 is 0 Å². The molecule has 0 radical (unpaired) electrons. The van der Waals surface area contributed by atoms with Gasteiger partial charge >= 0.3 is 0 Å². The summed E-state index contributed by atoms with van der Waals surface area (Å²) in [6.45, 7) is 3.75. The number of ether oxygens (including phenoxy) is 2. The summed E-state index contributed by atoms with van der Waals surface area (Å²) in [6, 6.07) is 15.5. The molecule has 3 aromatic heterocycles. The summed E-state index contributed by atoms with van der Waals surface area (Å²) in [7, 11) is 0. The fourth-order valence-corrected chi connectivity index (χ4v) is 5.95. The van der Waals surface area contributed by atoms with Gasteiger partial charge in [-0.25, -0.2) is 14.4 Å². The van der Waals surface area contributed by atoms with Crippen LogP contribution in [0.5, 0.6) is 0 Å². The first-order valence-corrected chi connectivity index (χ1v) is 15.0. The summed E-state index contributed by atoms with van der Waals surface area (Å²) >= 11 is 0. The molecule has 1 aliphatic rings. The molecule has 0 amide bonds. The largest absolute Gasteiger partial charge is 0.383 e. The highest BCUT2D eigenvalue weighted by atomic mass is 19.1. The Balaban J connectivity index is 1.08. The van der Waals surface area contributed by atoms with Crippen LogP contribution in [0.25, 0.3) is 33.2 Å². The molecular formula is C32H39FN8O2. The third-order valence-corrected chi connectivity index (χ3v) is 8.17. The van der Waals surface area contributed by atoms with Gasteiger partial charge in [0.1, 0.15) is 17.5 Å². The van der Waals surface area contributed by atoms with E-state index < -0.39 is 0 Å². The lowest BCUT2D eigenvalue weighted by Gasteiger charge is -2.28. The number of aromatic amines is 2. The zero-order valence-corrected chi connectivity index (χ0v) is 24.2. The Hall–Kier alpha value is -3.90. The van der Waals surface area contributed by atoms with Crippen molar-refractivity contribution >= 4 is 27.8 Å². The number of nitrogens with zero attached hydrogens (tertiary/aromatic N) is 3. The number of nitrogens with one attached hydrogen (secondary N) is 3. The molecule has 0 saturated heterocycles. The first kappa shape index (κ1) is 29.2. The van der Waals surface area contributed by atoms with Gasteiger partial charge in [0.05, 0.1) is 37.5 Å². The van der Waals surface area contributed by atoms with E-state index in [1.54, 1.807) is 6.07 Å². The molecule has 11 heteroatoms. The monoisotopic (exact) mass is 586 g/mol. The van der Waals surface area contributed by atoms with Crippen LogP contribution in [0.3, 0.4) is 0 Å². The summed E-state index contributed by atoms with van der Waals surface area (Å²) in [5.74, 6) is 1.25. The van der Waals surface area contributed by atoms with Crippen LogP contribution in [-0.2, 0) is 15.9 Å². The third kappa shape index (κ3) is 6.86. The number of rotatable bonds is 13. The second-order valence-electron chi connectivity index (χ2n) is 11.1. The molecule has 0 atom stereocenters. The van der Waals surface area contributed by atoms with Gasteiger partial charge in [0.25, 0.3) is 0 Å². The zero-order valence-electron chi connectivity index (χ0n) is 24.2. The average molecular weight is 587 g/mol. The Morgan fingerprint density at radius 2 is 1.77 bits per heavy atom. The molecule has 5 aromatic rings. The molecule has 1 fully saturated rings. The molecule has 226 valence electrons. The van der Waals surface area contributed by atoms with Crippen molar-refractivity contribution in [2.75, 3.05) is 45.3 Å². The Morgan fingerprint density at radius 1 is 0.953 bits per heavy atom. The molecule has 3 heterocycles. The van der Waals surface area contributed by atoms with Crippen LogP contribution in [0.1, 0.15) is 48.7 Å². The van der Waals surface area contributed by atoms with Crippen molar-refractivity contribution in [2.45, 2.75) is 44.1 Å². The fourth-order valence-electron chi connectivity index (χ4n) is 5.95. The predicted octanol–water partition coefficient (Wildman–Crippen LogP) is 4.42. The second-order valence-corrected chi connectivity index (χ2v) is 11.1. The van der Waals surface area contributed by atoms with Crippen molar-refractivity contribution in [3.8, 4) is 11.3 Å². The highest BCUT2D eigenvalue weighted by Gasteiger charge is 2.26. The van der Waals surface area contributed by atoms with E-state index in [4.69, 9.17) is 30.9 Å². The summed E-state index contributed by atoms with van der Waals surface area (Å²) < 4.78 is 25.1. The first-order valence-electron chi connectivity index (χ1n) is 15.0. The third-order valence-electron chi connectivity index (χ3n) is 8.17. The lowest BCUT2D eigenvalue weighted by atomic mass is 9.85. The molecule has 2 aromatic carbocycles. The van der Waals surface area contributed by atoms with Crippen molar-refractivity contribution in [3.05, 3.63) is 71.4 Å². The fraction of sp³-hybridized carbons (Fsp3) is 0.406. The molecule has 7 N–H and O–H groups in total. The lowest BCUT2D eigenvalue weighted by Crippen LogP contribution is -2.35. The lowest BCUT2D eigenvalue weighted by molar-refractivity contribution is 0.0508. The van der Waals surface area contributed by atoms with E-state index in [0.717, 1.165) is 71.3 Å². The van der Waals surface area contributed by atoms with Crippen LogP contribution in [0.2, 0.25) is 0 Å². The second kappa shape index (κ2) is 13.6. The van der Waals surface area contributed by atoms with Crippen LogP contribution >= 0.6 is 0 Å². The Bertz CT molecular complexity index is 1660. The van der Waals surface area contributed by atoms with E-state index in [1.165, 1.54) is 6.07 Å². The summed E-state index contributed by atoms with van der Waals surface area (Å²) in [5.41, 5.74) is 16.8. The minimum atomic E-state index is -0.201. The van der Waals surface area contributed by atoms with Gasteiger partial charge in [-0.1, -0.05) is 24.3 Å².